The van der Waals surface area contributed by atoms with Crippen LogP contribution in [0.2, 0.25) is 20.1 Å². The summed E-state index contributed by atoms with van der Waals surface area (Å²) in [6.45, 7) is -1.70. The predicted octanol–water partition coefficient (Wildman–Crippen LogP) is 11.1. The SMILES string of the molecule is COc1ccc(COc2ccc(Oc3c(Cl)cc(-n4nc(C(F)F)c(=O)[nH]c4=O)cc3Cl)cc2S(=O)(=O)N(CC(N)=O)Cc2ccc(OC)cc2)cc1.COc1ccc(COc2ccc(Oc3c(Cl)cc(Br)cc3Cl)cc2S(=O)(=O)N(CC(N)=O)Cc2ccc(OC)cc2)cc1.N=C(C(=O)NC(N)=O)C(F)F.[B]. The molecule has 40 heteroatoms. The van der Waals surface area contributed by atoms with Gasteiger partial charge in [-0.3, -0.25) is 34.9 Å². The molecular weight excluding hydrogens is 1620 g/mol. The summed E-state index contributed by atoms with van der Waals surface area (Å²) in [5, 5.41) is 11.0. The molecule has 0 bridgehead atoms. The summed E-state index contributed by atoms with van der Waals surface area (Å²) in [5.74, 6) is -1.01. The predicted molar refractivity (Wildman–Crippen MR) is 394 cm³/mol. The Kier molecular flexibility index (Phi) is 31.6. The Morgan fingerprint density at radius 3 is 1.22 bits per heavy atom. The number of nitrogens with one attached hydrogen (secondary N) is 3. The summed E-state index contributed by atoms with van der Waals surface area (Å²) in [6.07, 6.45) is -6.49. The minimum absolute atomic E-state index is 0. The van der Waals surface area contributed by atoms with Gasteiger partial charge in [0.2, 0.25) is 31.9 Å². The van der Waals surface area contributed by atoms with Crippen molar-refractivity contribution >= 4 is 120 Å². The Morgan fingerprint density at radius 1 is 0.556 bits per heavy atom. The van der Waals surface area contributed by atoms with E-state index in [9.17, 15) is 63.2 Å². The number of nitrogens with two attached hydrogens (primary N) is 3. The molecule has 28 nitrogen and oxygen atoms in total. The van der Waals surface area contributed by atoms with Crippen LogP contribution in [0.4, 0.5) is 22.4 Å². The molecule has 1 aromatic heterocycles. The topological polar surface area (TPSA) is 399 Å². The molecule has 0 aliphatic heterocycles. The van der Waals surface area contributed by atoms with Gasteiger partial charge in [0, 0.05) is 38.1 Å². The van der Waals surface area contributed by atoms with Crippen molar-refractivity contribution in [2.24, 2.45) is 17.2 Å². The average Bonchev–Trinajstić information content (AvgIpc) is 0.786. The van der Waals surface area contributed by atoms with Gasteiger partial charge in [0.1, 0.15) is 69.0 Å². The van der Waals surface area contributed by atoms with Gasteiger partial charge in [0.25, 0.3) is 24.3 Å². The van der Waals surface area contributed by atoms with Crippen molar-refractivity contribution in [1.29, 1.82) is 5.41 Å². The molecule has 1 heterocycles. The van der Waals surface area contributed by atoms with E-state index in [1.54, 1.807) is 121 Å². The highest BCUT2D eigenvalue weighted by atomic mass is 79.9. The number of methoxy groups -OCH3 is 4. The molecule has 9 rings (SSSR count). The first-order valence-corrected chi connectivity index (χ1v) is 35.4. The summed E-state index contributed by atoms with van der Waals surface area (Å²) in [6, 6.07) is 39.5. The second-order valence-corrected chi connectivity index (χ2v) is 28.1. The van der Waals surface area contributed by atoms with Gasteiger partial charge in [-0.2, -0.15) is 18.4 Å². The van der Waals surface area contributed by atoms with Crippen molar-refractivity contribution in [2.45, 2.75) is 48.9 Å². The number of ether oxygens (including phenoxy) is 8. The van der Waals surface area contributed by atoms with E-state index in [1.165, 1.54) is 57.0 Å². The van der Waals surface area contributed by atoms with Gasteiger partial charge in [0.15, 0.2) is 22.9 Å². The van der Waals surface area contributed by atoms with E-state index >= 15 is 0 Å². The smallest absolute Gasteiger partial charge is 0.349 e. The second kappa shape index (κ2) is 39.4. The molecular formula is C68H61BBrCl4F4N10O18S2. The number of sulfonamides is 2. The Morgan fingerprint density at radius 2 is 0.898 bits per heavy atom. The number of primary amides is 3. The second-order valence-electron chi connectivity index (χ2n) is 21.7. The zero-order chi connectivity index (χ0) is 78.6. The Labute approximate surface area is 643 Å². The van der Waals surface area contributed by atoms with E-state index in [1.807, 2.05) is 0 Å². The van der Waals surface area contributed by atoms with E-state index in [4.69, 9.17) is 101 Å². The number of urea groups is 1. The zero-order valence-corrected chi connectivity index (χ0v) is 62.8. The maximum Gasteiger partial charge on any atom is 0.349 e. The monoisotopic (exact) mass is 1680 g/mol. The molecule has 9 aromatic rings. The van der Waals surface area contributed by atoms with Crippen LogP contribution in [-0.2, 0) is 60.7 Å². The van der Waals surface area contributed by atoms with Crippen molar-refractivity contribution in [3.05, 3.63) is 231 Å². The number of imide groups is 1. The maximum atomic E-state index is 14.4. The number of amides is 5. The van der Waals surface area contributed by atoms with E-state index in [0.29, 0.717) is 48.8 Å². The summed E-state index contributed by atoms with van der Waals surface area (Å²) in [4.78, 5) is 69.6. The number of carbonyl (C=O) groups excluding carboxylic acids is 4. The largest absolute Gasteiger partial charge is 0.497 e. The highest BCUT2D eigenvalue weighted by Gasteiger charge is 2.33. The first-order valence-electron chi connectivity index (χ1n) is 30.3. The molecule has 0 aliphatic rings. The number of alkyl halides is 4. The fraction of sp³-hybridized carbons (Fsp3) is 0.176. The quantitative estimate of drug-likeness (QED) is 0.0138. The normalized spacial score (nSPS) is 11.1. The molecule has 0 atom stereocenters. The molecule has 9 N–H and O–H groups in total. The lowest BCUT2D eigenvalue weighted by Gasteiger charge is -2.23. The first-order chi connectivity index (χ1) is 50.6. The van der Waals surface area contributed by atoms with E-state index < -0.39 is 97.3 Å². The van der Waals surface area contributed by atoms with E-state index in [0.717, 1.165) is 32.4 Å². The molecule has 569 valence electrons. The standard InChI is InChI=1S/C34H29Cl2F2N5O9S.C30H27BrCl2N2O7S.C4H5F2N3O2.B/c1-49-22-7-3-19(4-8-22)16-42(17-29(39)44)53(47,48)28-15-24(11-12-27(28)51-18-20-5-9-23(50-2)10-6-20)52-31-25(35)13-21(14-26(31)36)43-34(46)40-33(45)30(41-43)32(37)38;1-39-22-7-3-19(4-8-22)16-35(17-29(34)36)43(37,38)28-15-24(42-30-25(32)13-21(31)14-26(30)33)11-12-27(28)41-18-20-5-9-23(40-2)10-6-20;5-2(6)1(7)3(10)9-4(8)11;/h3-15,32H,16-18H2,1-2H3,(H2,39,44)(H,40,45,46);3-15H,16-18H2,1-2H3,(H2,34,36);2,7H,(H3,8,9,10,11);. The minimum atomic E-state index is -4.58. The van der Waals surface area contributed by atoms with Crippen LogP contribution in [0.1, 0.15) is 34.4 Å². The van der Waals surface area contributed by atoms with Crippen molar-refractivity contribution in [3.63, 3.8) is 0 Å². The van der Waals surface area contributed by atoms with Crippen LogP contribution in [0, 0.1) is 5.41 Å². The minimum Gasteiger partial charge on any atom is -0.497 e. The fourth-order valence-corrected chi connectivity index (χ4v) is 14.0. The van der Waals surface area contributed by atoms with Crippen LogP contribution >= 0.6 is 62.3 Å². The summed E-state index contributed by atoms with van der Waals surface area (Å²) in [5.41, 5.74) is 12.6. The lowest BCUT2D eigenvalue weighted by molar-refractivity contribution is -0.119. The van der Waals surface area contributed by atoms with Crippen molar-refractivity contribution in [1.82, 2.24) is 28.7 Å². The molecule has 0 aliphatic carbocycles. The maximum absolute atomic E-state index is 14.4. The number of halogens is 9. The van der Waals surface area contributed by atoms with Crippen molar-refractivity contribution in [2.75, 3.05) is 41.5 Å². The number of aromatic nitrogens is 3. The molecule has 0 unspecified atom stereocenters. The Balaban J connectivity index is 0.000000298. The average molecular weight is 1680 g/mol. The summed E-state index contributed by atoms with van der Waals surface area (Å²) in [7, 11) is -2.90. The summed E-state index contributed by atoms with van der Waals surface area (Å²) >= 11 is 28.9. The van der Waals surface area contributed by atoms with Gasteiger partial charge in [-0.1, -0.05) is 111 Å². The third-order valence-corrected chi connectivity index (χ3v) is 19.5. The lowest BCUT2D eigenvalue weighted by Crippen LogP contribution is -2.41. The molecule has 0 saturated carbocycles. The third-order valence-electron chi connectivity index (χ3n) is 14.3. The van der Waals surface area contributed by atoms with Crippen LogP contribution < -0.4 is 71.7 Å². The number of hydrogen-bond acceptors (Lipinski definition) is 20. The highest BCUT2D eigenvalue weighted by Crippen LogP contribution is 2.43. The zero-order valence-electron chi connectivity index (χ0n) is 56.6. The Bertz CT molecular complexity index is 5050. The number of hydrogen-bond donors (Lipinski definition) is 6. The molecule has 108 heavy (non-hydrogen) atoms. The number of nitrogens with zero attached hydrogens (tertiary/aromatic N) is 4. The van der Waals surface area contributed by atoms with Crippen LogP contribution in [0.5, 0.6) is 57.5 Å². The molecule has 0 fully saturated rings. The van der Waals surface area contributed by atoms with Crippen molar-refractivity contribution < 1.29 is 91.5 Å². The summed E-state index contributed by atoms with van der Waals surface area (Å²) < 4.78 is 154. The molecule has 5 amide bonds. The van der Waals surface area contributed by atoms with Gasteiger partial charge >= 0.3 is 11.7 Å². The van der Waals surface area contributed by atoms with Gasteiger partial charge in [-0.15, -0.1) is 0 Å². The van der Waals surface area contributed by atoms with Crippen LogP contribution in [-0.4, -0.2) is 126 Å². The number of benzene rings is 8. The van der Waals surface area contributed by atoms with Crippen LogP contribution in [0.25, 0.3) is 5.69 Å². The number of carbonyl (C=O) groups is 4. The van der Waals surface area contributed by atoms with E-state index in [2.05, 4.69) is 26.8 Å². The van der Waals surface area contributed by atoms with Gasteiger partial charge in [-0.05, 0) is 119 Å². The highest BCUT2D eigenvalue weighted by molar-refractivity contribution is 9.10. The fourth-order valence-electron chi connectivity index (χ4n) is 9.09. The van der Waals surface area contributed by atoms with Crippen molar-refractivity contribution in [3.8, 4) is 63.2 Å². The number of rotatable bonds is 30. The Hall–Kier alpha value is -10.4. The number of aromatic amines is 1. The van der Waals surface area contributed by atoms with Crippen LogP contribution in [0.3, 0.4) is 0 Å². The third kappa shape index (κ3) is 23.8. The molecule has 0 saturated heterocycles. The molecule has 3 radical (unpaired) electrons. The van der Waals surface area contributed by atoms with Crippen LogP contribution in [0.15, 0.2) is 182 Å². The first kappa shape index (κ1) is 86.5. The number of H-pyrrole nitrogens is 1. The van der Waals surface area contributed by atoms with Gasteiger partial charge < -0.3 is 55.1 Å². The van der Waals surface area contributed by atoms with Gasteiger partial charge in [0.05, 0.1) is 67.3 Å². The lowest BCUT2D eigenvalue weighted by atomic mass is 10.2. The van der Waals surface area contributed by atoms with E-state index in [-0.39, 0.29) is 99.9 Å². The molecule has 8 aromatic carbocycles. The van der Waals surface area contributed by atoms with Gasteiger partial charge in [-0.25, -0.2) is 44.0 Å². The molecule has 0 spiro atoms.